The van der Waals surface area contributed by atoms with Crippen LogP contribution in [0.25, 0.3) is 0 Å². The molecular weight excluding hydrogens is 322 g/mol. The smallest absolute Gasteiger partial charge is 0.156 e. The molecule has 4 heteroatoms. The van der Waals surface area contributed by atoms with Gasteiger partial charge in [-0.05, 0) is 41.1 Å². The van der Waals surface area contributed by atoms with Crippen LogP contribution >= 0.6 is 45.8 Å². The summed E-state index contributed by atoms with van der Waals surface area (Å²) in [5.74, 6) is 0.589. The van der Waals surface area contributed by atoms with Crippen LogP contribution in [0.4, 0.5) is 0 Å². The fraction of sp³-hybridized carbons (Fsp3) is 0.333. The molecule has 0 N–H and O–H groups in total. The minimum absolute atomic E-state index is 0.574. The molecule has 0 bridgehead atoms. The van der Waals surface area contributed by atoms with Crippen molar-refractivity contribution in [2.45, 2.75) is 13.3 Å². The molecule has 1 aromatic rings. The number of hydrogen-bond donors (Lipinski definition) is 0. The van der Waals surface area contributed by atoms with Crippen molar-refractivity contribution in [2.24, 2.45) is 0 Å². The lowest BCUT2D eigenvalue weighted by atomic mass is 10.3. The van der Waals surface area contributed by atoms with E-state index in [1.165, 1.54) is 0 Å². The van der Waals surface area contributed by atoms with Gasteiger partial charge in [-0.15, -0.1) is 0 Å². The predicted molar refractivity (Wildman–Crippen MR) is 65.0 cm³/mol. The van der Waals surface area contributed by atoms with Crippen molar-refractivity contribution in [2.75, 3.05) is 6.61 Å². The number of ether oxygens (including phenoxy) is 1. The zero-order chi connectivity index (χ0) is 9.84. The fourth-order valence-electron chi connectivity index (χ4n) is 0.871. The van der Waals surface area contributed by atoms with E-state index < -0.39 is 0 Å². The van der Waals surface area contributed by atoms with Gasteiger partial charge in [0, 0.05) is 3.57 Å². The van der Waals surface area contributed by atoms with Gasteiger partial charge in [0.1, 0.15) is 0 Å². The van der Waals surface area contributed by atoms with E-state index >= 15 is 0 Å². The van der Waals surface area contributed by atoms with E-state index in [1.807, 2.05) is 19.1 Å². The summed E-state index contributed by atoms with van der Waals surface area (Å²) in [6, 6.07) is 3.66. The van der Waals surface area contributed by atoms with Crippen molar-refractivity contribution in [1.82, 2.24) is 0 Å². The first kappa shape index (κ1) is 11.4. The van der Waals surface area contributed by atoms with Crippen molar-refractivity contribution in [1.29, 1.82) is 0 Å². The van der Waals surface area contributed by atoms with Crippen molar-refractivity contribution in [3.05, 3.63) is 25.7 Å². The molecule has 1 rings (SSSR count). The van der Waals surface area contributed by atoms with E-state index in [1.54, 1.807) is 0 Å². The van der Waals surface area contributed by atoms with Gasteiger partial charge < -0.3 is 4.74 Å². The highest BCUT2D eigenvalue weighted by Crippen LogP contribution is 2.34. The van der Waals surface area contributed by atoms with Gasteiger partial charge in [0.25, 0.3) is 0 Å². The second kappa shape index (κ2) is 5.27. The normalized spacial score (nSPS) is 10.2. The zero-order valence-corrected chi connectivity index (χ0v) is 10.8. The van der Waals surface area contributed by atoms with Gasteiger partial charge in [0.15, 0.2) is 5.75 Å². The Morgan fingerprint density at radius 2 is 1.85 bits per heavy atom. The first-order valence-corrected chi connectivity index (χ1v) is 5.76. The lowest BCUT2D eigenvalue weighted by Crippen LogP contribution is -1.96. The Hall–Kier alpha value is 0.330. The molecular formula is C9H9Cl2IO. The molecule has 0 saturated carbocycles. The first-order valence-electron chi connectivity index (χ1n) is 3.92. The zero-order valence-electron chi connectivity index (χ0n) is 7.11. The molecule has 0 amide bonds. The topological polar surface area (TPSA) is 9.23 Å². The molecule has 0 saturated heterocycles. The Labute approximate surface area is 102 Å². The van der Waals surface area contributed by atoms with Crippen LogP contribution in [0, 0.1) is 3.57 Å². The second-order valence-corrected chi connectivity index (χ2v) is 4.61. The highest BCUT2D eigenvalue weighted by Gasteiger charge is 2.07. The molecule has 0 atom stereocenters. The van der Waals surface area contributed by atoms with Gasteiger partial charge in [-0.2, -0.15) is 0 Å². The number of hydrogen-bond acceptors (Lipinski definition) is 1. The van der Waals surface area contributed by atoms with Gasteiger partial charge >= 0.3 is 0 Å². The standard InChI is InChI=1S/C9H9Cl2IO/c1-2-3-13-9-7(10)4-6(12)5-8(9)11/h4-5H,2-3H2,1H3. The molecule has 13 heavy (non-hydrogen) atoms. The molecule has 0 unspecified atom stereocenters. The summed E-state index contributed by atoms with van der Waals surface area (Å²) in [5.41, 5.74) is 0. The van der Waals surface area contributed by atoms with E-state index in [9.17, 15) is 0 Å². The van der Waals surface area contributed by atoms with E-state index in [0.717, 1.165) is 9.99 Å². The van der Waals surface area contributed by atoms with Crippen LogP contribution in [-0.2, 0) is 0 Å². The number of benzene rings is 1. The van der Waals surface area contributed by atoms with Crippen LogP contribution < -0.4 is 4.74 Å². The van der Waals surface area contributed by atoms with Crippen molar-refractivity contribution < 1.29 is 4.74 Å². The molecule has 72 valence electrons. The maximum atomic E-state index is 5.96. The van der Waals surface area contributed by atoms with E-state index in [4.69, 9.17) is 27.9 Å². The quantitative estimate of drug-likeness (QED) is 0.747. The SMILES string of the molecule is CCCOc1c(Cl)cc(I)cc1Cl. The molecule has 1 nitrogen and oxygen atoms in total. The Kier molecular flexibility index (Phi) is 4.62. The summed E-state index contributed by atoms with van der Waals surface area (Å²) in [6.07, 6.45) is 0.943. The van der Waals surface area contributed by atoms with Crippen LogP contribution in [0.15, 0.2) is 12.1 Å². The third kappa shape index (κ3) is 3.18. The summed E-state index contributed by atoms with van der Waals surface area (Å²) >= 11 is 14.1. The minimum atomic E-state index is 0.574. The lowest BCUT2D eigenvalue weighted by Gasteiger charge is -2.08. The molecule has 0 spiro atoms. The van der Waals surface area contributed by atoms with Crippen LogP contribution in [0.2, 0.25) is 10.0 Å². The average molecular weight is 331 g/mol. The third-order valence-electron chi connectivity index (χ3n) is 1.41. The van der Waals surface area contributed by atoms with Gasteiger partial charge in [-0.3, -0.25) is 0 Å². The van der Waals surface area contributed by atoms with Crippen LogP contribution in [0.3, 0.4) is 0 Å². The summed E-state index contributed by atoms with van der Waals surface area (Å²) < 4.78 is 6.42. The van der Waals surface area contributed by atoms with E-state index in [2.05, 4.69) is 22.6 Å². The van der Waals surface area contributed by atoms with Gasteiger partial charge in [0.05, 0.1) is 16.7 Å². The molecule has 0 radical (unpaired) electrons. The second-order valence-electron chi connectivity index (χ2n) is 2.55. The van der Waals surface area contributed by atoms with E-state index in [-0.39, 0.29) is 0 Å². The van der Waals surface area contributed by atoms with Crippen molar-refractivity contribution >= 4 is 45.8 Å². The fourth-order valence-corrected chi connectivity index (χ4v) is 2.46. The van der Waals surface area contributed by atoms with Crippen LogP contribution in [0.5, 0.6) is 5.75 Å². The van der Waals surface area contributed by atoms with Gasteiger partial charge in [-0.1, -0.05) is 30.1 Å². The van der Waals surface area contributed by atoms with E-state index in [0.29, 0.717) is 22.4 Å². The molecule has 1 aromatic carbocycles. The van der Waals surface area contributed by atoms with Gasteiger partial charge in [0.2, 0.25) is 0 Å². The molecule has 0 aliphatic carbocycles. The molecule has 0 aliphatic rings. The summed E-state index contributed by atoms with van der Waals surface area (Å²) in [6.45, 7) is 2.68. The summed E-state index contributed by atoms with van der Waals surface area (Å²) in [4.78, 5) is 0. The third-order valence-corrected chi connectivity index (χ3v) is 2.60. The maximum Gasteiger partial charge on any atom is 0.156 e. The van der Waals surface area contributed by atoms with Gasteiger partial charge in [-0.25, -0.2) is 0 Å². The average Bonchev–Trinajstić information content (AvgIpc) is 2.02. The van der Waals surface area contributed by atoms with Crippen LogP contribution in [-0.4, -0.2) is 6.61 Å². The largest absolute Gasteiger partial charge is 0.490 e. The molecule has 0 aromatic heterocycles. The summed E-state index contributed by atoms with van der Waals surface area (Å²) in [5, 5.41) is 1.15. The number of rotatable bonds is 3. The van der Waals surface area contributed by atoms with Crippen molar-refractivity contribution in [3.8, 4) is 5.75 Å². The van der Waals surface area contributed by atoms with Crippen molar-refractivity contribution in [3.63, 3.8) is 0 Å². The Morgan fingerprint density at radius 1 is 1.31 bits per heavy atom. The highest BCUT2D eigenvalue weighted by molar-refractivity contribution is 14.1. The predicted octanol–water partition coefficient (Wildman–Crippen LogP) is 4.39. The Morgan fingerprint density at radius 3 is 2.31 bits per heavy atom. The molecule has 0 fully saturated rings. The number of halogens is 3. The highest BCUT2D eigenvalue weighted by atomic mass is 127. The first-order chi connectivity index (χ1) is 6.15. The minimum Gasteiger partial charge on any atom is -0.490 e. The lowest BCUT2D eigenvalue weighted by molar-refractivity contribution is 0.318. The van der Waals surface area contributed by atoms with Crippen LogP contribution in [0.1, 0.15) is 13.3 Å². The Balaban J connectivity index is 2.92. The maximum absolute atomic E-state index is 5.96. The Bertz CT molecular complexity index is 279. The molecule has 0 heterocycles. The summed E-state index contributed by atoms with van der Waals surface area (Å²) in [7, 11) is 0. The molecule has 0 aliphatic heterocycles. The monoisotopic (exact) mass is 330 g/mol.